The molecule has 82 valence electrons. The van der Waals surface area contributed by atoms with Crippen LogP contribution in [0.5, 0.6) is 5.88 Å². The maximum absolute atomic E-state index is 13.4. The van der Waals surface area contributed by atoms with Crippen LogP contribution in [0.1, 0.15) is 11.1 Å². The smallest absolute Gasteiger partial charge is 0.213 e. The summed E-state index contributed by atoms with van der Waals surface area (Å²) < 4.78 is 18.7. The van der Waals surface area contributed by atoms with Gasteiger partial charge in [0.2, 0.25) is 5.88 Å². The minimum absolute atomic E-state index is 0.199. The highest BCUT2D eigenvalue weighted by molar-refractivity contribution is 5.24. The third-order valence-electron chi connectivity index (χ3n) is 2.21. The van der Waals surface area contributed by atoms with E-state index in [9.17, 15) is 4.39 Å². The summed E-state index contributed by atoms with van der Waals surface area (Å²) in [5, 5.41) is 0. The van der Waals surface area contributed by atoms with Crippen molar-refractivity contribution in [3.05, 3.63) is 59.5 Å². The highest BCUT2D eigenvalue weighted by Gasteiger charge is 2.03. The largest absolute Gasteiger partial charge is 0.473 e. The van der Waals surface area contributed by atoms with Gasteiger partial charge >= 0.3 is 0 Å². The highest BCUT2D eigenvalue weighted by Crippen LogP contribution is 2.13. The van der Waals surface area contributed by atoms with E-state index < -0.39 is 0 Å². The molecule has 1 aromatic heterocycles. The molecule has 0 atom stereocenters. The first-order valence-corrected chi connectivity index (χ1v) is 5.04. The molecule has 0 fully saturated rings. The van der Waals surface area contributed by atoms with Crippen LogP contribution in [0, 0.1) is 12.7 Å². The normalized spacial score (nSPS) is 10.1. The van der Waals surface area contributed by atoms with Crippen molar-refractivity contribution in [2.45, 2.75) is 13.5 Å². The second kappa shape index (κ2) is 4.75. The SMILES string of the molecule is Cc1ccc(F)c(COc2ccccn2)c1. The molecule has 0 unspecified atom stereocenters. The molecular formula is C13H12FNO. The average Bonchev–Trinajstić information content (AvgIpc) is 2.32. The number of hydrogen-bond acceptors (Lipinski definition) is 2. The molecule has 0 amide bonds. The highest BCUT2D eigenvalue weighted by atomic mass is 19.1. The molecule has 2 nitrogen and oxygen atoms in total. The zero-order valence-electron chi connectivity index (χ0n) is 8.98. The van der Waals surface area contributed by atoms with Gasteiger partial charge in [0.25, 0.3) is 0 Å². The van der Waals surface area contributed by atoms with Crippen LogP contribution in [-0.2, 0) is 6.61 Å². The van der Waals surface area contributed by atoms with Crippen molar-refractivity contribution in [2.75, 3.05) is 0 Å². The third kappa shape index (κ3) is 2.57. The molecular weight excluding hydrogens is 205 g/mol. The number of ether oxygens (including phenoxy) is 1. The molecule has 3 heteroatoms. The number of halogens is 1. The van der Waals surface area contributed by atoms with Crippen LogP contribution < -0.4 is 4.74 Å². The summed E-state index contributed by atoms with van der Waals surface area (Å²) in [6, 6.07) is 10.3. The molecule has 16 heavy (non-hydrogen) atoms. The fourth-order valence-electron chi connectivity index (χ4n) is 1.40. The fourth-order valence-corrected chi connectivity index (χ4v) is 1.40. The molecule has 0 saturated heterocycles. The predicted octanol–water partition coefficient (Wildman–Crippen LogP) is 3.11. The second-order valence-electron chi connectivity index (χ2n) is 3.55. The molecule has 0 aliphatic rings. The summed E-state index contributed by atoms with van der Waals surface area (Å²) in [6.07, 6.45) is 1.64. The number of nitrogens with zero attached hydrogens (tertiary/aromatic N) is 1. The van der Waals surface area contributed by atoms with E-state index in [1.807, 2.05) is 13.0 Å². The van der Waals surface area contributed by atoms with E-state index in [2.05, 4.69) is 4.98 Å². The van der Waals surface area contributed by atoms with Gasteiger partial charge in [0.15, 0.2) is 0 Å². The number of pyridine rings is 1. The van der Waals surface area contributed by atoms with E-state index >= 15 is 0 Å². The maximum Gasteiger partial charge on any atom is 0.213 e. The Hall–Kier alpha value is -1.90. The molecule has 0 radical (unpaired) electrons. The van der Waals surface area contributed by atoms with Gasteiger partial charge < -0.3 is 4.74 Å². The van der Waals surface area contributed by atoms with Crippen LogP contribution in [0.25, 0.3) is 0 Å². The van der Waals surface area contributed by atoms with E-state index in [1.54, 1.807) is 30.5 Å². The van der Waals surface area contributed by atoms with Gasteiger partial charge in [-0.1, -0.05) is 17.7 Å². The van der Waals surface area contributed by atoms with Gasteiger partial charge in [0.1, 0.15) is 12.4 Å². The Morgan fingerprint density at radius 2 is 2.12 bits per heavy atom. The summed E-state index contributed by atoms with van der Waals surface area (Å²) in [5.74, 6) is 0.255. The van der Waals surface area contributed by atoms with Crippen molar-refractivity contribution in [3.63, 3.8) is 0 Å². The zero-order chi connectivity index (χ0) is 11.4. The van der Waals surface area contributed by atoms with Crippen molar-refractivity contribution >= 4 is 0 Å². The van der Waals surface area contributed by atoms with E-state index in [-0.39, 0.29) is 12.4 Å². The first kappa shape index (κ1) is 10.6. The molecule has 0 N–H and O–H groups in total. The number of aryl methyl sites for hydroxylation is 1. The monoisotopic (exact) mass is 217 g/mol. The molecule has 0 spiro atoms. The van der Waals surface area contributed by atoms with E-state index in [4.69, 9.17) is 4.74 Å². The van der Waals surface area contributed by atoms with Gasteiger partial charge in [-0.25, -0.2) is 9.37 Å². The quantitative estimate of drug-likeness (QED) is 0.788. The Kier molecular flexibility index (Phi) is 3.15. The van der Waals surface area contributed by atoms with Crippen LogP contribution in [0.3, 0.4) is 0 Å². The molecule has 1 heterocycles. The molecule has 2 rings (SSSR count). The third-order valence-corrected chi connectivity index (χ3v) is 2.21. The summed E-state index contributed by atoms with van der Waals surface area (Å²) >= 11 is 0. The lowest BCUT2D eigenvalue weighted by Gasteiger charge is -2.06. The maximum atomic E-state index is 13.4. The van der Waals surface area contributed by atoms with Gasteiger partial charge in [0.05, 0.1) is 0 Å². The van der Waals surface area contributed by atoms with Gasteiger partial charge in [-0.05, 0) is 25.1 Å². The number of benzene rings is 1. The number of aromatic nitrogens is 1. The van der Waals surface area contributed by atoms with Crippen molar-refractivity contribution in [3.8, 4) is 5.88 Å². The van der Waals surface area contributed by atoms with Crippen LogP contribution in [0.2, 0.25) is 0 Å². The van der Waals surface area contributed by atoms with Crippen LogP contribution >= 0.6 is 0 Å². The number of rotatable bonds is 3. The summed E-state index contributed by atoms with van der Waals surface area (Å²) in [6.45, 7) is 2.12. The Balaban J connectivity index is 2.08. The Morgan fingerprint density at radius 1 is 1.25 bits per heavy atom. The first-order chi connectivity index (χ1) is 7.75. The molecule has 0 saturated carbocycles. The topological polar surface area (TPSA) is 22.1 Å². The summed E-state index contributed by atoms with van der Waals surface area (Å²) in [5.41, 5.74) is 1.56. The standard InChI is InChI=1S/C13H12FNO/c1-10-5-6-12(14)11(8-10)9-16-13-4-2-3-7-15-13/h2-8H,9H2,1H3. The summed E-state index contributed by atoms with van der Waals surface area (Å²) in [7, 11) is 0. The van der Waals surface area contributed by atoms with Crippen molar-refractivity contribution < 1.29 is 9.13 Å². The number of hydrogen-bond donors (Lipinski definition) is 0. The lowest BCUT2D eigenvalue weighted by molar-refractivity contribution is 0.288. The van der Waals surface area contributed by atoms with E-state index in [0.717, 1.165) is 5.56 Å². The molecule has 0 aliphatic heterocycles. The Bertz CT molecular complexity index is 471. The molecule has 0 bridgehead atoms. The lowest BCUT2D eigenvalue weighted by Crippen LogP contribution is -2.00. The Labute approximate surface area is 93.7 Å². The second-order valence-corrected chi connectivity index (χ2v) is 3.55. The summed E-state index contributed by atoms with van der Waals surface area (Å²) in [4.78, 5) is 4.00. The Morgan fingerprint density at radius 3 is 2.88 bits per heavy atom. The zero-order valence-corrected chi connectivity index (χ0v) is 8.98. The van der Waals surface area contributed by atoms with Crippen molar-refractivity contribution in [1.29, 1.82) is 0 Å². The van der Waals surface area contributed by atoms with E-state index in [1.165, 1.54) is 6.07 Å². The van der Waals surface area contributed by atoms with Crippen molar-refractivity contribution in [2.24, 2.45) is 0 Å². The lowest BCUT2D eigenvalue weighted by atomic mass is 10.1. The fraction of sp³-hybridized carbons (Fsp3) is 0.154. The first-order valence-electron chi connectivity index (χ1n) is 5.04. The molecule has 0 aliphatic carbocycles. The average molecular weight is 217 g/mol. The van der Waals surface area contributed by atoms with Crippen LogP contribution in [-0.4, -0.2) is 4.98 Å². The van der Waals surface area contributed by atoms with Gasteiger partial charge in [-0.15, -0.1) is 0 Å². The molecule has 2 aromatic rings. The minimum atomic E-state index is -0.249. The molecule has 1 aromatic carbocycles. The van der Waals surface area contributed by atoms with Gasteiger partial charge in [-0.3, -0.25) is 0 Å². The minimum Gasteiger partial charge on any atom is -0.473 e. The van der Waals surface area contributed by atoms with Gasteiger partial charge in [0, 0.05) is 17.8 Å². The van der Waals surface area contributed by atoms with Crippen LogP contribution in [0.4, 0.5) is 4.39 Å². The van der Waals surface area contributed by atoms with E-state index in [0.29, 0.717) is 11.4 Å². The predicted molar refractivity (Wildman–Crippen MR) is 59.7 cm³/mol. The van der Waals surface area contributed by atoms with Gasteiger partial charge in [-0.2, -0.15) is 0 Å². The van der Waals surface area contributed by atoms with Crippen molar-refractivity contribution in [1.82, 2.24) is 4.98 Å². The van der Waals surface area contributed by atoms with Crippen LogP contribution in [0.15, 0.2) is 42.6 Å².